The lowest BCUT2D eigenvalue weighted by atomic mass is 10.2. The molecule has 1 aliphatic carbocycles. The Morgan fingerprint density at radius 3 is 2.83 bits per heavy atom. The fourth-order valence-corrected chi connectivity index (χ4v) is 2.81. The van der Waals surface area contributed by atoms with E-state index in [0.717, 1.165) is 0 Å². The highest BCUT2D eigenvalue weighted by molar-refractivity contribution is 6.34. The molecule has 0 saturated heterocycles. The minimum atomic E-state index is -0.548. The van der Waals surface area contributed by atoms with Crippen LogP contribution < -0.4 is 5.56 Å². The predicted octanol–water partition coefficient (Wildman–Crippen LogP) is 1.74. The number of rotatable bonds is 3. The van der Waals surface area contributed by atoms with E-state index in [1.807, 2.05) is 0 Å². The van der Waals surface area contributed by atoms with Gasteiger partial charge in [0, 0.05) is 12.0 Å². The van der Waals surface area contributed by atoms with Crippen LogP contribution in [-0.2, 0) is 6.54 Å². The largest absolute Gasteiger partial charge is 0.391 e. The Bertz CT molecular complexity index is 968. The van der Waals surface area contributed by atoms with Crippen molar-refractivity contribution in [3.8, 4) is 0 Å². The Morgan fingerprint density at radius 1 is 1.39 bits per heavy atom. The van der Waals surface area contributed by atoms with Crippen molar-refractivity contribution in [2.75, 3.05) is 0 Å². The quantitative estimate of drug-likeness (QED) is 0.792. The van der Waals surface area contributed by atoms with Gasteiger partial charge >= 0.3 is 0 Å². The molecule has 1 fully saturated rings. The number of nitrogens with zero attached hydrogens (tertiary/aromatic N) is 4. The van der Waals surface area contributed by atoms with Crippen LogP contribution in [0.5, 0.6) is 0 Å². The number of halogens is 2. The van der Waals surface area contributed by atoms with Crippen LogP contribution in [-0.4, -0.2) is 30.8 Å². The third-order valence-corrected chi connectivity index (χ3v) is 4.36. The molecule has 0 amide bonds. The number of fused-ring (bicyclic) bond motifs is 1. The number of benzene rings is 1. The van der Waals surface area contributed by atoms with Crippen LogP contribution in [0.3, 0.4) is 0 Å². The minimum absolute atomic E-state index is 0.117. The van der Waals surface area contributed by atoms with Gasteiger partial charge in [-0.05, 0) is 6.07 Å². The molecule has 8 heteroatoms. The summed E-state index contributed by atoms with van der Waals surface area (Å²) in [5.41, 5.74) is 0.187. The van der Waals surface area contributed by atoms with Crippen molar-refractivity contribution < 1.29 is 9.50 Å². The summed E-state index contributed by atoms with van der Waals surface area (Å²) >= 11 is 6.25. The average molecular weight is 335 g/mol. The first-order valence-electron chi connectivity index (χ1n) is 7.11. The molecule has 2 atom stereocenters. The number of aromatic nitrogens is 4. The van der Waals surface area contributed by atoms with Crippen molar-refractivity contribution in [2.45, 2.75) is 25.1 Å². The van der Waals surface area contributed by atoms with E-state index in [4.69, 9.17) is 11.6 Å². The summed E-state index contributed by atoms with van der Waals surface area (Å²) in [5, 5.41) is 18.4. The van der Waals surface area contributed by atoms with Gasteiger partial charge in [-0.2, -0.15) is 10.2 Å². The van der Waals surface area contributed by atoms with E-state index in [-0.39, 0.29) is 29.1 Å². The van der Waals surface area contributed by atoms with Crippen molar-refractivity contribution in [1.82, 2.24) is 19.6 Å². The van der Waals surface area contributed by atoms with Crippen molar-refractivity contribution in [3.63, 3.8) is 0 Å². The van der Waals surface area contributed by atoms with Crippen molar-refractivity contribution in [2.24, 2.45) is 0 Å². The minimum Gasteiger partial charge on any atom is -0.391 e. The molecule has 0 radical (unpaired) electrons. The van der Waals surface area contributed by atoms with Crippen molar-refractivity contribution >= 4 is 22.5 Å². The summed E-state index contributed by atoms with van der Waals surface area (Å²) in [6.45, 7) is 0.117. The van der Waals surface area contributed by atoms with E-state index < -0.39 is 11.7 Å². The molecule has 0 unspecified atom stereocenters. The molecule has 1 N–H and O–H groups in total. The van der Waals surface area contributed by atoms with Gasteiger partial charge in [0.1, 0.15) is 11.0 Å². The molecule has 0 bridgehead atoms. The molecule has 118 valence electrons. The molecular weight excluding hydrogens is 323 g/mol. The Labute approximate surface area is 134 Å². The van der Waals surface area contributed by atoms with Crippen molar-refractivity contribution in [1.29, 1.82) is 0 Å². The molecule has 6 nitrogen and oxygen atoms in total. The molecule has 1 aromatic carbocycles. The number of aliphatic hydroxyl groups excluding tert-OH is 1. The molecule has 1 aliphatic rings. The predicted molar refractivity (Wildman–Crippen MR) is 82.0 cm³/mol. The van der Waals surface area contributed by atoms with Crippen LogP contribution in [0.4, 0.5) is 4.39 Å². The van der Waals surface area contributed by atoms with Gasteiger partial charge < -0.3 is 5.11 Å². The van der Waals surface area contributed by atoms with E-state index in [9.17, 15) is 14.3 Å². The monoisotopic (exact) mass is 334 g/mol. The zero-order chi connectivity index (χ0) is 16.1. The van der Waals surface area contributed by atoms with E-state index in [1.54, 1.807) is 18.2 Å². The van der Waals surface area contributed by atoms with Gasteiger partial charge in [0.15, 0.2) is 5.52 Å². The highest BCUT2D eigenvalue weighted by atomic mass is 35.5. The standard InChI is InChI=1S/C15H12ClFN4O2/c16-14-9-6-18-21(11-5-12(11)22)15(23)13(9)19-20(14)7-8-3-1-2-4-10(8)17/h1-4,6,11-12,22H,5,7H2/t11-,12-/m1/s1. The first kappa shape index (κ1) is 14.3. The molecule has 23 heavy (non-hydrogen) atoms. The molecule has 0 aliphatic heterocycles. The maximum absolute atomic E-state index is 13.8. The highest BCUT2D eigenvalue weighted by Gasteiger charge is 2.39. The number of hydrogen-bond acceptors (Lipinski definition) is 4. The third kappa shape index (κ3) is 2.32. The third-order valence-electron chi connectivity index (χ3n) is 3.96. The van der Waals surface area contributed by atoms with Crippen molar-refractivity contribution in [3.05, 3.63) is 57.3 Å². The van der Waals surface area contributed by atoms with E-state index >= 15 is 0 Å². The van der Waals surface area contributed by atoms with E-state index in [1.165, 1.54) is 21.6 Å². The van der Waals surface area contributed by atoms with Crippen LogP contribution in [0.1, 0.15) is 18.0 Å². The zero-order valence-corrected chi connectivity index (χ0v) is 12.6. The molecule has 3 aromatic rings. The Hall–Kier alpha value is -2.25. The smallest absolute Gasteiger partial charge is 0.295 e. The van der Waals surface area contributed by atoms with Crippen LogP contribution in [0.25, 0.3) is 10.9 Å². The summed E-state index contributed by atoms with van der Waals surface area (Å²) in [4.78, 5) is 12.4. The molecule has 4 rings (SSSR count). The molecule has 1 saturated carbocycles. The van der Waals surface area contributed by atoms with Crippen LogP contribution >= 0.6 is 11.6 Å². The first-order chi connectivity index (χ1) is 11.1. The SMILES string of the molecule is O=c1c2nn(Cc3ccccc3F)c(Cl)c2cnn1[C@@H]1C[C@H]1O. The average Bonchev–Trinajstić information content (AvgIpc) is 3.17. The lowest BCUT2D eigenvalue weighted by Gasteiger charge is -2.04. The van der Waals surface area contributed by atoms with Gasteiger partial charge in [0.25, 0.3) is 5.56 Å². The summed E-state index contributed by atoms with van der Waals surface area (Å²) < 4.78 is 16.4. The Balaban J connectivity index is 1.80. The topological polar surface area (TPSA) is 72.9 Å². The number of hydrogen-bond donors (Lipinski definition) is 1. The van der Waals surface area contributed by atoms with Gasteiger partial charge in [-0.25, -0.2) is 13.8 Å². The maximum atomic E-state index is 13.8. The first-order valence-corrected chi connectivity index (χ1v) is 7.49. The summed E-state index contributed by atoms with van der Waals surface area (Å²) in [6.07, 6.45) is 1.41. The summed E-state index contributed by atoms with van der Waals surface area (Å²) in [5.74, 6) is -0.361. The van der Waals surface area contributed by atoms with Gasteiger partial charge in [0.05, 0.1) is 30.3 Å². The Kier molecular flexibility index (Phi) is 3.21. The maximum Gasteiger partial charge on any atom is 0.295 e. The molecule has 2 heterocycles. The second-order valence-corrected chi connectivity index (χ2v) is 5.92. The second-order valence-electron chi connectivity index (χ2n) is 5.57. The Morgan fingerprint density at radius 2 is 2.13 bits per heavy atom. The second kappa shape index (κ2) is 5.14. The van der Waals surface area contributed by atoms with Crippen LogP contribution in [0.15, 0.2) is 35.3 Å². The highest BCUT2D eigenvalue weighted by Crippen LogP contribution is 2.34. The fourth-order valence-electron chi connectivity index (χ4n) is 2.57. The van der Waals surface area contributed by atoms with Crippen LogP contribution in [0, 0.1) is 5.82 Å². The van der Waals surface area contributed by atoms with Gasteiger partial charge in [0.2, 0.25) is 0 Å². The summed E-state index contributed by atoms with van der Waals surface area (Å²) in [7, 11) is 0. The fraction of sp³-hybridized carbons (Fsp3) is 0.267. The summed E-state index contributed by atoms with van der Waals surface area (Å²) in [6, 6.07) is 6.01. The molecule has 0 spiro atoms. The zero-order valence-electron chi connectivity index (χ0n) is 11.9. The number of aliphatic hydroxyl groups is 1. The normalized spacial score (nSPS) is 20.1. The lowest BCUT2D eigenvalue weighted by molar-refractivity contribution is 0.254. The van der Waals surface area contributed by atoms with Crippen LogP contribution in [0.2, 0.25) is 5.15 Å². The molecular formula is C15H12ClFN4O2. The molecule has 2 aromatic heterocycles. The van der Waals surface area contributed by atoms with E-state index in [2.05, 4.69) is 10.2 Å². The van der Waals surface area contributed by atoms with Gasteiger partial charge in [-0.1, -0.05) is 29.8 Å². The lowest BCUT2D eigenvalue weighted by Crippen LogP contribution is -2.23. The van der Waals surface area contributed by atoms with E-state index in [0.29, 0.717) is 17.4 Å². The van der Waals surface area contributed by atoms with Gasteiger partial charge in [-0.3, -0.25) is 4.79 Å². The van der Waals surface area contributed by atoms with Gasteiger partial charge in [-0.15, -0.1) is 0 Å².